The van der Waals surface area contributed by atoms with Crippen LogP contribution in [-0.4, -0.2) is 40.7 Å². The lowest BCUT2D eigenvalue weighted by Crippen LogP contribution is -2.53. The van der Waals surface area contributed by atoms with Crippen LogP contribution in [0, 0.1) is 0 Å². The molecule has 0 radical (unpaired) electrons. The lowest BCUT2D eigenvalue weighted by Gasteiger charge is -2.25. The number of rotatable bonds is 1. The van der Waals surface area contributed by atoms with Crippen molar-refractivity contribution in [2.24, 2.45) is 0 Å². The molecule has 1 aromatic carbocycles. The standard InChI is InChI=1S/C14H12N4O3/c15-13-9-4-2-1-3-8(9)10(5-16-13)14(21)18-6-11(19)17-12(20)7-18/h1-5H,6-7H2,(H2,15,16)(H,17,19,20). The summed E-state index contributed by atoms with van der Waals surface area (Å²) in [6.07, 6.45) is 1.37. The third kappa shape index (κ3) is 2.29. The molecule has 1 aliphatic rings. The maximum atomic E-state index is 12.5. The highest BCUT2D eigenvalue weighted by Crippen LogP contribution is 2.23. The number of nitrogen functional groups attached to an aromatic ring is 1. The summed E-state index contributed by atoms with van der Waals surface area (Å²) in [5, 5.41) is 3.46. The number of piperazine rings is 1. The molecule has 0 bridgehead atoms. The van der Waals surface area contributed by atoms with Crippen LogP contribution in [0.3, 0.4) is 0 Å². The van der Waals surface area contributed by atoms with Crippen LogP contribution in [0.1, 0.15) is 10.4 Å². The van der Waals surface area contributed by atoms with Gasteiger partial charge in [0.1, 0.15) is 18.9 Å². The SMILES string of the molecule is Nc1ncc(C(=O)N2CC(=O)NC(=O)C2)c2ccccc12. The number of fused-ring (bicyclic) bond motifs is 1. The highest BCUT2D eigenvalue weighted by atomic mass is 16.2. The van der Waals surface area contributed by atoms with Crippen molar-refractivity contribution in [3.8, 4) is 0 Å². The molecule has 3 rings (SSSR count). The Bertz CT molecular complexity index is 756. The summed E-state index contributed by atoms with van der Waals surface area (Å²) in [4.78, 5) is 40.5. The van der Waals surface area contributed by atoms with Crippen LogP contribution in [-0.2, 0) is 9.59 Å². The van der Waals surface area contributed by atoms with Gasteiger partial charge in [-0.15, -0.1) is 0 Å². The van der Waals surface area contributed by atoms with Gasteiger partial charge in [0.2, 0.25) is 11.8 Å². The van der Waals surface area contributed by atoms with Gasteiger partial charge < -0.3 is 10.6 Å². The molecule has 1 saturated heterocycles. The second-order valence-electron chi connectivity index (χ2n) is 4.74. The Morgan fingerprint density at radius 1 is 1.14 bits per heavy atom. The van der Waals surface area contributed by atoms with Gasteiger partial charge in [-0.1, -0.05) is 24.3 Å². The van der Waals surface area contributed by atoms with E-state index in [0.717, 1.165) is 0 Å². The summed E-state index contributed by atoms with van der Waals surface area (Å²) >= 11 is 0. The van der Waals surface area contributed by atoms with E-state index in [9.17, 15) is 14.4 Å². The van der Waals surface area contributed by atoms with Gasteiger partial charge in [0.05, 0.1) is 5.56 Å². The van der Waals surface area contributed by atoms with Crippen molar-refractivity contribution >= 4 is 34.3 Å². The van der Waals surface area contributed by atoms with Gasteiger partial charge in [0.25, 0.3) is 5.91 Å². The molecular weight excluding hydrogens is 272 g/mol. The minimum Gasteiger partial charge on any atom is -0.383 e. The van der Waals surface area contributed by atoms with E-state index < -0.39 is 17.7 Å². The van der Waals surface area contributed by atoms with Gasteiger partial charge in [-0.05, 0) is 5.39 Å². The number of anilines is 1. The Balaban J connectivity index is 2.04. The van der Waals surface area contributed by atoms with Crippen LogP contribution in [0.5, 0.6) is 0 Å². The Kier molecular flexibility index (Phi) is 3.02. The first-order chi connectivity index (χ1) is 10.1. The zero-order valence-electron chi connectivity index (χ0n) is 11.0. The Labute approximate surface area is 119 Å². The molecule has 0 spiro atoms. The van der Waals surface area contributed by atoms with E-state index in [4.69, 9.17) is 5.73 Å². The molecule has 7 nitrogen and oxygen atoms in total. The van der Waals surface area contributed by atoms with Gasteiger partial charge in [-0.2, -0.15) is 0 Å². The number of carbonyl (C=O) groups excluding carboxylic acids is 3. The zero-order chi connectivity index (χ0) is 15.0. The summed E-state index contributed by atoms with van der Waals surface area (Å²) in [6.45, 7) is -0.299. The average Bonchev–Trinajstić information content (AvgIpc) is 2.46. The molecule has 1 aliphatic heterocycles. The minimum absolute atomic E-state index is 0.150. The van der Waals surface area contributed by atoms with Crippen molar-refractivity contribution in [2.75, 3.05) is 18.8 Å². The third-order valence-corrected chi connectivity index (χ3v) is 3.29. The fourth-order valence-corrected chi connectivity index (χ4v) is 2.34. The molecule has 1 aromatic heterocycles. The molecule has 0 aliphatic carbocycles. The van der Waals surface area contributed by atoms with Crippen molar-refractivity contribution in [1.82, 2.24) is 15.2 Å². The Morgan fingerprint density at radius 3 is 2.43 bits per heavy atom. The lowest BCUT2D eigenvalue weighted by atomic mass is 10.1. The van der Waals surface area contributed by atoms with Crippen LogP contribution in [0.2, 0.25) is 0 Å². The predicted molar refractivity (Wildman–Crippen MR) is 75.2 cm³/mol. The minimum atomic E-state index is -0.493. The molecule has 3 amide bonds. The van der Waals surface area contributed by atoms with Crippen molar-refractivity contribution < 1.29 is 14.4 Å². The predicted octanol–water partition coefficient (Wildman–Crippen LogP) is -0.0844. The maximum Gasteiger partial charge on any atom is 0.256 e. The number of hydrogen-bond acceptors (Lipinski definition) is 5. The van der Waals surface area contributed by atoms with Crippen LogP contribution >= 0.6 is 0 Å². The van der Waals surface area contributed by atoms with Crippen LogP contribution in [0.4, 0.5) is 5.82 Å². The van der Waals surface area contributed by atoms with Gasteiger partial charge in [-0.25, -0.2) is 4.98 Å². The molecule has 106 valence electrons. The normalized spacial score (nSPS) is 15.1. The first kappa shape index (κ1) is 13.0. The Morgan fingerprint density at radius 2 is 1.76 bits per heavy atom. The van der Waals surface area contributed by atoms with Crippen molar-refractivity contribution in [1.29, 1.82) is 0 Å². The lowest BCUT2D eigenvalue weighted by molar-refractivity contribution is -0.135. The summed E-state index contributed by atoms with van der Waals surface area (Å²) in [7, 11) is 0. The van der Waals surface area contributed by atoms with Gasteiger partial charge in [0.15, 0.2) is 0 Å². The van der Waals surface area contributed by atoms with Crippen LogP contribution in [0.25, 0.3) is 10.8 Å². The molecule has 0 unspecified atom stereocenters. The van der Waals surface area contributed by atoms with Crippen LogP contribution < -0.4 is 11.1 Å². The monoisotopic (exact) mass is 284 g/mol. The van der Waals surface area contributed by atoms with Gasteiger partial charge >= 0.3 is 0 Å². The number of aromatic nitrogens is 1. The van der Waals surface area contributed by atoms with Crippen molar-refractivity contribution in [3.05, 3.63) is 36.0 Å². The second-order valence-corrected chi connectivity index (χ2v) is 4.74. The smallest absolute Gasteiger partial charge is 0.256 e. The van der Waals surface area contributed by atoms with E-state index >= 15 is 0 Å². The van der Waals surface area contributed by atoms with E-state index in [1.54, 1.807) is 24.3 Å². The number of nitrogens with one attached hydrogen (secondary N) is 1. The molecule has 2 aromatic rings. The van der Waals surface area contributed by atoms with E-state index in [0.29, 0.717) is 22.2 Å². The van der Waals surface area contributed by atoms with Gasteiger partial charge in [-0.3, -0.25) is 19.7 Å². The summed E-state index contributed by atoms with van der Waals surface area (Å²) in [5.74, 6) is -1.07. The number of nitrogens with two attached hydrogens (primary N) is 1. The molecule has 3 N–H and O–H groups in total. The number of carbonyl (C=O) groups is 3. The fraction of sp³-hybridized carbons (Fsp3) is 0.143. The van der Waals surface area contributed by atoms with Crippen LogP contribution in [0.15, 0.2) is 30.5 Å². The number of nitrogens with zero attached hydrogens (tertiary/aromatic N) is 2. The van der Waals surface area contributed by atoms with E-state index in [1.807, 2.05) is 0 Å². The van der Waals surface area contributed by atoms with Crippen molar-refractivity contribution in [3.63, 3.8) is 0 Å². The number of imide groups is 1. The zero-order valence-corrected chi connectivity index (χ0v) is 11.0. The van der Waals surface area contributed by atoms with Crippen molar-refractivity contribution in [2.45, 2.75) is 0 Å². The highest BCUT2D eigenvalue weighted by molar-refractivity contribution is 6.12. The first-order valence-electron chi connectivity index (χ1n) is 6.31. The fourth-order valence-electron chi connectivity index (χ4n) is 2.34. The number of benzene rings is 1. The summed E-state index contributed by atoms with van der Waals surface area (Å²) in [6, 6.07) is 7.11. The van der Waals surface area contributed by atoms with E-state index in [1.165, 1.54) is 11.1 Å². The molecular formula is C14H12N4O3. The second kappa shape index (κ2) is 4.86. The number of pyridine rings is 1. The molecule has 0 atom stereocenters. The molecule has 1 fully saturated rings. The Hall–Kier alpha value is -2.96. The summed E-state index contributed by atoms with van der Waals surface area (Å²) < 4.78 is 0. The van der Waals surface area contributed by atoms with E-state index in [2.05, 4.69) is 10.3 Å². The first-order valence-corrected chi connectivity index (χ1v) is 6.31. The quantitative estimate of drug-likeness (QED) is 0.712. The molecule has 2 heterocycles. The largest absolute Gasteiger partial charge is 0.383 e. The molecule has 0 saturated carbocycles. The highest BCUT2D eigenvalue weighted by Gasteiger charge is 2.28. The maximum absolute atomic E-state index is 12.5. The topological polar surface area (TPSA) is 105 Å². The third-order valence-electron chi connectivity index (χ3n) is 3.29. The number of amides is 3. The molecule has 7 heteroatoms. The van der Waals surface area contributed by atoms with Gasteiger partial charge in [0, 0.05) is 11.6 Å². The summed E-state index contributed by atoms with van der Waals surface area (Å²) in [5.41, 5.74) is 6.12. The average molecular weight is 284 g/mol. The van der Waals surface area contributed by atoms with E-state index in [-0.39, 0.29) is 13.1 Å². The number of hydrogen-bond donors (Lipinski definition) is 2. The molecule has 21 heavy (non-hydrogen) atoms.